The molecule has 11 heteroatoms. The van der Waals surface area contributed by atoms with Gasteiger partial charge in [0.05, 0.1) is 10.6 Å². The highest BCUT2D eigenvalue weighted by Crippen LogP contribution is 2.31. The highest BCUT2D eigenvalue weighted by molar-refractivity contribution is 7.71. The molecule has 0 saturated carbocycles. The number of nitrogens with zero attached hydrogens (tertiary/aromatic N) is 3. The average molecular weight is 456 g/mol. The van der Waals surface area contributed by atoms with Gasteiger partial charge in [0.15, 0.2) is 22.3 Å². The van der Waals surface area contributed by atoms with Gasteiger partial charge < -0.3 is 9.15 Å². The topological polar surface area (TPSA) is 115 Å². The fraction of sp³-hybridized carbons (Fsp3) is 0.150. The van der Waals surface area contributed by atoms with Gasteiger partial charge in [-0.15, -0.1) is 6.58 Å². The van der Waals surface area contributed by atoms with Crippen molar-refractivity contribution >= 4 is 45.6 Å². The van der Waals surface area contributed by atoms with Crippen LogP contribution in [0.1, 0.15) is 5.69 Å². The molecule has 0 saturated heterocycles. The van der Waals surface area contributed by atoms with Crippen molar-refractivity contribution < 1.29 is 13.9 Å². The summed E-state index contributed by atoms with van der Waals surface area (Å²) < 4.78 is 12.9. The number of benzene rings is 1. The molecule has 9 nitrogen and oxygen atoms in total. The van der Waals surface area contributed by atoms with Gasteiger partial charge in [-0.1, -0.05) is 17.4 Å². The largest absolute Gasteiger partial charge is 0.484 e. The van der Waals surface area contributed by atoms with Crippen LogP contribution < -0.4 is 15.7 Å². The lowest BCUT2D eigenvalue weighted by atomic mass is 10.2. The average Bonchev–Trinajstić information content (AvgIpc) is 3.28. The minimum Gasteiger partial charge on any atom is -0.484 e. The summed E-state index contributed by atoms with van der Waals surface area (Å²) in [6, 6.07) is 8.02. The Bertz CT molecular complexity index is 1400. The normalized spacial score (nSPS) is 10.9. The zero-order valence-corrected chi connectivity index (χ0v) is 18.0. The quantitative estimate of drug-likeness (QED) is 0.248. The molecule has 0 fully saturated rings. The molecular weight excluding hydrogens is 438 g/mol. The highest BCUT2D eigenvalue weighted by atomic mass is 32.1. The Morgan fingerprint density at radius 1 is 1.42 bits per heavy atom. The predicted octanol–water partition coefficient (Wildman–Crippen LogP) is 3.68. The predicted molar refractivity (Wildman–Crippen MR) is 120 cm³/mol. The molecule has 31 heavy (non-hydrogen) atoms. The monoisotopic (exact) mass is 455 g/mol. The minimum atomic E-state index is -0.452. The Balaban J connectivity index is 1.45. The van der Waals surface area contributed by atoms with E-state index >= 15 is 0 Å². The number of H-pyrrole nitrogens is 1. The van der Waals surface area contributed by atoms with E-state index in [2.05, 4.69) is 27.1 Å². The van der Waals surface area contributed by atoms with Crippen molar-refractivity contribution in [3.8, 4) is 16.5 Å². The Kier molecular flexibility index (Phi) is 5.78. The number of aromatic nitrogens is 4. The molecule has 4 rings (SSSR count). The number of aryl methyl sites for hydroxylation is 1. The van der Waals surface area contributed by atoms with E-state index in [4.69, 9.17) is 21.4 Å². The fourth-order valence-electron chi connectivity index (χ4n) is 2.88. The molecule has 0 aliphatic carbocycles. The Morgan fingerprint density at radius 2 is 2.23 bits per heavy atom. The van der Waals surface area contributed by atoms with Crippen molar-refractivity contribution in [3.63, 3.8) is 0 Å². The van der Waals surface area contributed by atoms with Gasteiger partial charge >= 0.3 is 5.63 Å². The van der Waals surface area contributed by atoms with E-state index in [1.54, 1.807) is 34.9 Å². The van der Waals surface area contributed by atoms with Crippen LogP contribution in [0, 0.1) is 11.7 Å². The first kappa shape index (κ1) is 20.7. The molecule has 0 spiro atoms. The maximum atomic E-state index is 12.3. The lowest BCUT2D eigenvalue weighted by molar-refractivity contribution is -0.118. The lowest BCUT2D eigenvalue weighted by Crippen LogP contribution is -2.20. The first-order valence-electron chi connectivity index (χ1n) is 9.15. The van der Waals surface area contributed by atoms with Gasteiger partial charge in [0.2, 0.25) is 0 Å². The molecule has 0 unspecified atom stereocenters. The van der Waals surface area contributed by atoms with Crippen molar-refractivity contribution in [2.45, 2.75) is 13.5 Å². The molecule has 0 atom stereocenters. The van der Waals surface area contributed by atoms with E-state index in [1.165, 1.54) is 17.4 Å². The van der Waals surface area contributed by atoms with Crippen molar-refractivity contribution in [2.24, 2.45) is 0 Å². The van der Waals surface area contributed by atoms with Crippen LogP contribution in [0.25, 0.3) is 21.7 Å². The third-order valence-electron chi connectivity index (χ3n) is 4.28. The molecule has 0 radical (unpaired) electrons. The molecular formula is C20H17N5O4S2. The first-order chi connectivity index (χ1) is 14.9. The smallest absolute Gasteiger partial charge is 0.336 e. The summed E-state index contributed by atoms with van der Waals surface area (Å²) in [5.74, 6) is 0.669. The van der Waals surface area contributed by atoms with Crippen LogP contribution in [0.4, 0.5) is 5.13 Å². The molecule has 0 aliphatic heterocycles. The first-order valence-corrected chi connectivity index (χ1v) is 10.4. The van der Waals surface area contributed by atoms with E-state index in [0.717, 1.165) is 10.3 Å². The van der Waals surface area contributed by atoms with E-state index in [9.17, 15) is 9.59 Å². The number of carbonyl (C=O) groups excluding carboxylic acids is 1. The maximum Gasteiger partial charge on any atom is 0.336 e. The highest BCUT2D eigenvalue weighted by Gasteiger charge is 2.17. The van der Waals surface area contributed by atoms with E-state index in [-0.39, 0.29) is 12.5 Å². The number of rotatable bonds is 7. The summed E-state index contributed by atoms with van der Waals surface area (Å²) in [4.78, 5) is 28.9. The Morgan fingerprint density at radius 3 is 3.03 bits per heavy atom. The summed E-state index contributed by atoms with van der Waals surface area (Å²) >= 11 is 6.53. The molecule has 3 aromatic heterocycles. The van der Waals surface area contributed by atoms with Crippen molar-refractivity contribution in [1.29, 1.82) is 0 Å². The second kappa shape index (κ2) is 8.66. The molecule has 0 bridgehead atoms. The van der Waals surface area contributed by atoms with Gasteiger partial charge in [-0.3, -0.25) is 19.8 Å². The number of carbonyl (C=O) groups is 1. The number of thiazole rings is 1. The van der Waals surface area contributed by atoms with E-state index < -0.39 is 5.63 Å². The van der Waals surface area contributed by atoms with Crippen LogP contribution in [0.5, 0.6) is 5.75 Å². The third-order valence-corrected chi connectivity index (χ3v) is 5.66. The van der Waals surface area contributed by atoms with Crippen molar-refractivity contribution in [1.82, 2.24) is 19.7 Å². The Labute approximate surface area is 185 Å². The number of fused-ring (bicyclic) bond motifs is 1. The molecule has 4 aromatic rings. The maximum absolute atomic E-state index is 12.3. The van der Waals surface area contributed by atoms with Gasteiger partial charge in [-0.05, 0) is 37.3 Å². The van der Waals surface area contributed by atoms with Crippen LogP contribution in [-0.2, 0) is 11.3 Å². The summed E-state index contributed by atoms with van der Waals surface area (Å²) in [7, 11) is 0. The summed E-state index contributed by atoms with van der Waals surface area (Å²) in [6.07, 6.45) is 1.73. The summed E-state index contributed by atoms with van der Waals surface area (Å²) in [6.45, 7) is 5.83. The number of nitrogens with one attached hydrogen (secondary N) is 2. The third kappa shape index (κ3) is 4.47. The molecule has 158 valence electrons. The molecule has 1 amide bonds. The molecule has 0 aliphatic rings. The van der Waals surface area contributed by atoms with E-state index in [0.29, 0.717) is 39.3 Å². The van der Waals surface area contributed by atoms with Crippen LogP contribution in [0.3, 0.4) is 0 Å². The van der Waals surface area contributed by atoms with Crippen molar-refractivity contribution in [3.05, 3.63) is 63.9 Å². The van der Waals surface area contributed by atoms with Crippen LogP contribution in [0.15, 0.2) is 52.2 Å². The lowest BCUT2D eigenvalue weighted by Gasteiger charge is -2.06. The Hall–Kier alpha value is -3.57. The summed E-state index contributed by atoms with van der Waals surface area (Å²) in [5, 5.41) is 10.9. The number of hydrogen-bond donors (Lipinski definition) is 2. The second-order valence-corrected chi connectivity index (χ2v) is 7.86. The second-order valence-electron chi connectivity index (χ2n) is 6.48. The van der Waals surface area contributed by atoms with Crippen molar-refractivity contribution in [2.75, 3.05) is 11.9 Å². The van der Waals surface area contributed by atoms with Gasteiger partial charge in [0, 0.05) is 24.1 Å². The number of hydrogen-bond acceptors (Lipinski definition) is 8. The minimum absolute atomic E-state index is 0.230. The van der Waals surface area contributed by atoms with E-state index in [1.807, 2.05) is 6.92 Å². The number of amides is 1. The van der Waals surface area contributed by atoms with Crippen LogP contribution in [-0.4, -0.2) is 32.3 Å². The van der Waals surface area contributed by atoms with Gasteiger partial charge in [0.1, 0.15) is 11.3 Å². The van der Waals surface area contributed by atoms with Gasteiger partial charge in [-0.2, -0.15) is 5.10 Å². The number of allylic oxidation sites excluding steroid dienone is 1. The number of anilines is 1. The molecule has 3 heterocycles. The van der Waals surface area contributed by atoms with Crippen LogP contribution in [0.2, 0.25) is 0 Å². The SMILES string of the molecule is C=CCn1c(-c2sc(NC(=O)COc3ccc4ccc(=O)oc4c3)nc2C)n[nH]c1=S. The zero-order chi connectivity index (χ0) is 22.0. The molecule has 1 aromatic carbocycles. The van der Waals surface area contributed by atoms with Crippen LogP contribution >= 0.6 is 23.6 Å². The van der Waals surface area contributed by atoms with Gasteiger partial charge in [-0.25, -0.2) is 9.78 Å². The molecule has 2 N–H and O–H groups in total. The van der Waals surface area contributed by atoms with Gasteiger partial charge in [0.25, 0.3) is 5.91 Å². The zero-order valence-electron chi connectivity index (χ0n) is 16.4. The number of ether oxygens (including phenoxy) is 1. The number of aromatic amines is 1. The summed E-state index contributed by atoms with van der Waals surface area (Å²) in [5.41, 5.74) is 0.649. The fourth-order valence-corrected chi connectivity index (χ4v) is 4.07. The standard InChI is InChI=1S/C20H17N5O4S2/c1-3-8-25-18(23-24-20(25)30)17-11(2)21-19(31-17)22-15(26)10-28-13-6-4-12-5-7-16(27)29-14(12)9-13/h3-7,9H,1,8,10H2,2H3,(H,24,30)(H,21,22,26).